The fraction of sp³-hybridized carbons (Fsp3) is 0.538. The molecule has 0 radical (unpaired) electrons. The van der Waals surface area contributed by atoms with Gasteiger partial charge in [0.2, 0.25) is 5.91 Å². The van der Waals surface area contributed by atoms with Gasteiger partial charge < -0.3 is 14.6 Å². The third-order valence-electron chi connectivity index (χ3n) is 3.07. The Kier molecular flexibility index (Phi) is 3.71. The summed E-state index contributed by atoms with van der Waals surface area (Å²) in [7, 11) is 0. The van der Waals surface area contributed by atoms with Crippen LogP contribution >= 0.6 is 15.9 Å². The van der Waals surface area contributed by atoms with Crippen molar-refractivity contribution in [3.05, 3.63) is 22.6 Å². The highest BCUT2D eigenvalue weighted by Crippen LogP contribution is 2.22. The van der Waals surface area contributed by atoms with Gasteiger partial charge in [-0.2, -0.15) is 0 Å². The van der Waals surface area contributed by atoms with Gasteiger partial charge in [-0.3, -0.25) is 9.59 Å². The average molecular weight is 329 g/mol. The molecule has 0 aromatic carbocycles. The van der Waals surface area contributed by atoms with Gasteiger partial charge >= 0.3 is 0 Å². The Morgan fingerprint density at radius 2 is 2.16 bits per heavy atom. The van der Waals surface area contributed by atoms with E-state index in [9.17, 15) is 9.59 Å². The molecular formula is C13H17BrN2O3. The largest absolute Gasteiger partial charge is 0.444 e. The van der Waals surface area contributed by atoms with Crippen LogP contribution < -0.4 is 5.32 Å². The summed E-state index contributed by atoms with van der Waals surface area (Å²) in [6.45, 7) is 6.49. The summed E-state index contributed by atoms with van der Waals surface area (Å²) in [5, 5.41) is 2.82. The van der Waals surface area contributed by atoms with Crippen LogP contribution in [-0.4, -0.2) is 34.8 Å². The fourth-order valence-electron chi connectivity index (χ4n) is 2.15. The SMILES string of the molecule is CC(C)(C)N1CC(NC(=O)c2ccc(Br)o2)CC1=O. The molecule has 0 spiro atoms. The van der Waals surface area contributed by atoms with Crippen LogP contribution in [0, 0.1) is 0 Å². The van der Waals surface area contributed by atoms with Crippen LogP contribution in [0.1, 0.15) is 37.7 Å². The highest BCUT2D eigenvalue weighted by molar-refractivity contribution is 9.10. The Morgan fingerprint density at radius 1 is 1.47 bits per heavy atom. The van der Waals surface area contributed by atoms with E-state index in [4.69, 9.17) is 4.42 Å². The van der Waals surface area contributed by atoms with Gasteiger partial charge in [0.25, 0.3) is 5.91 Å². The average Bonchev–Trinajstić information content (AvgIpc) is 2.84. The number of hydrogen-bond donors (Lipinski definition) is 1. The molecule has 5 nitrogen and oxygen atoms in total. The van der Waals surface area contributed by atoms with Crippen LogP contribution in [0.2, 0.25) is 0 Å². The maximum atomic E-state index is 11.9. The lowest BCUT2D eigenvalue weighted by Crippen LogP contribution is -2.44. The third-order valence-corrected chi connectivity index (χ3v) is 3.49. The number of likely N-dealkylation sites (tertiary alicyclic amines) is 1. The van der Waals surface area contributed by atoms with Crippen LogP contribution in [0.5, 0.6) is 0 Å². The smallest absolute Gasteiger partial charge is 0.287 e. The summed E-state index contributed by atoms with van der Waals surface area (Å²) in [5.41, 5.74) is -0.218. The summed E-state index contributed by atoms with van der Waals surface area (Å²) < 4.78 is 5.69. The first-order valence-electron chi connectivity index (χ1n) is 6.14. The predicted octanol–water partition coefficient (Wildman–Crippen LogP) is 2.17. The number of hydrogen-bond acceptors (Lipinski definition) is 3. The molecule has 1 saturated heterocycles. The monoisotopic (exact) mass is 328 g/mol. The molecule has 2 rings (SSSR count). The Hall–Kier alpha value is -1.30. The van der Waals surface area contributed by atoms with Crippen molar-refractivity contribution in [1.29, 1.82) is 0 Å². The normalized spacial score (nSPS) is 19.9. The third kappa shape index (κ3) is 3.18. The van der Waals surface area contributed by atoms with E-state index in [2.05, 4.69) is 21.2 Å². The zero-order chi connectivity index (χ0) is 14.2. The minimum atomic E-state index is -0.292. The predicted molar refractivity (Wildman–Crippen MR) is 73.7 cm³/mol. The molecule has 0 aliphatic carbocycles. The summed E-state index contributed by atoms with van der Waals surface area (Å²) in [6.07, 6.45) is 0.338. The summed E-state index contributed by atoms with van der Waals surface area (Å²) >= 11 is 3.15. The van der Waals surface area contributed by atoms with Crippen LogP contribution in [0.4, 0.5) is 0 Å². The van der Waals surface area contributed by atoms with Gasteiger partial charge in [-0.1, -0.05) is 0 Å². The van der Waals surface area contributed by atoms with Gasteiger partial charge in [-0.15, -0.1) is 0 Å². The number of nitrogens with one attached hydrogen (secondary N) is 1. The van der Waals surface area contributed by atoms with Crippen LogP contribution in [0.15, 0.2) is 21.2 Å². The van der Waals surface area contributed by atoms with Crippen molar-refractivity contribution >= 4 is 27.7 Å². The molecule has 2 heterocycles. The molecule has 104 valence electrons. The van der Waals surface area contributed by atoms with Gasteiger partial charge in [0.15, 0.2) is 10.4 Å². The molecule has 1 fully saturated rings. The number of nitrogens with zero attached hydrogens (tertiary/aromatic N) is 1. The second kappa shape index (κ2) is 5.00. The van der Waals surface area contributed by atoms with Crippen molar-refractivity contribution < 1.29 is 14.0 Å². The zero-order valence-electron chi connectivity index (χ0n) is 11.2. The lowest BCUT2D eigenvalue weighted by Gasteiger charge is -2.32. The van der Waals surface area contributed by atoms with E-state index < -0.39 is 0 Å². The minimum Gasteiger partial charge on any atom is -0.444 e. The number of furan rings is 1. The molecular weight excluding hydrogens is 312 g/mol. The summed E-state index contributed by atoms with van der Waals surface area (Å²) in [5.74, 6) is 0.0196. The first-order chi connectivity index (χ1) is 8.77. The van der Waals surface area contributed by atoms with Gasteiger partial charge in [0, 0.05) is 18.5 Å². The van der Waals surface area contributed by atoms with E-state index in [1.54, 1.807) is 17.0 Å². The lowest BCUT2D eigenvalue weighted by atomic mass is 10.1. The summed E-state index contributed by atoms with van der Waals surface area (Å²) in [4.78, 5) is 25.6. The number of rotatable bonds is 2. The lowest BCUT2D eigenvalue weighted by molar-refractivity contribution is -0.131. The van der Waals surface area contributed by atoms with Gasteiger partial charge in [0.1, 0.15) is 0 Å². The molecule has 1 aliphatic rings. The van der Waals surface area contributed by atoms with Gasteiger partial charge in [-0.05, 0) is 48.8 Å². The molecule has 1 aromatic rings. The molecule has 1 N–H and O–H groups in total. The number of carbonyl (C=O) groups is 2. The first-order valence-corrected chi connectivity index (χ1v) is 6.93. The zero-order valence-corrected chi connectivity index (χ0v) is 12.8. The van der Waals surface area contributed by atoms with Crippen LogP contribution in [0.3, 0.4) is 0 Å². The molecule has 19 heavy (non-hydrogen) atoms. The Morgan fingerprint density at radius 3 is 2.63 bits per heavy atom. The van der Waals surface area contributed by atoms with Crippen molar-refractivity contribution in [2.75, 3.05) is 6.54 Å². The van der Waals surface area contributed by atoms with E-state index in [-0.39, 0.29) is 29.2 Å². The standard InChI is InChI=1S/C13H17BrN2O3/c1-13(2,3)16-7-8(6-11(16)17)15-12(18)9-4-5-10(14)19-9/h4-5,8H,6-7H2,1-3H3,(H,15,18). The molecule has 2 amide bonds. The maximum Gasteiger partial charge on any atom is 0.287 e. The van der Waals surface area contributed by atoms with E-state index in [1.807, 2.05) is 20.8 Å². The first kappa shape index (κ1) is 14.1. The number of halogens is 1. The van der Waals surface area contributed by atoms with Crippen LogP contribution in [0.25, 0.3) is 0 Å². The van der Waals surface area contributed by atoms with E-state index in [0.29, 0.717) is 17.6 Å². The van der Waals surface area contributed by atoms with Crippen molar-refractivity contribution in [2.24, 2.45) is 0 Å². The quantitative estimate of drug-likeness (QED) is 0.904. The van der Waals surface area contributed by atoms with Gasteiger partial charge in [0.05, 0.1) is 6.04 Å². The molecule has 6 heteroatoms. The van der Waals surface area contributed by atoms with Crippen molar-refractivity contribution in [3.8, 4) is 0 Å². The van der Waals surface area contributed by atoms with E-state index in [0.717, 1.165) is 0 Å². The van der Waals surface area contributed by atoms with E-state index in [1.165, 1.54) is 0 Å². The molecule has 1 aromatic heterocycles. The van der Waals surface area contributed by atoms with Crippen molar-refractivity contribution in [1.82, 2.24) is 10.2 Å². The summed E-state index contributed by atoms with van der Waals surface area (Å²) in [6, 6.07) is 3.09. The van der Waals surface area contributed by atoms with E-state index >= 15 is 0 Å². The van der Waals surface area contributed by atoms with Crippen LogP contribution in [-0.2, 0) is 4.79 Å². The molecule has 1 unspecified atom stereocenters. The maximum absolute atomic E-state index is 11.9. The molecule has 0 bridgehead atoms. The Labute approximate surface area is 120 Å². The Bertz CT molecular complexity index is 504. The molecule has 0 saturated carbocycles. The topological polar surface area (TPSA) is 62.6 Å². The fourth-order valence-corrected chi connectivity index (χ4v) is 2.45. The van der Waals surface area contributed by atoms with Crippen molar-refractivity contribution in [3.63, 3.8) is 0 Å². The highest BCUT2D eigenvalue weighted by atomic mass is 79.9. The highest BCUT2D eigenvalue weighted by Gasteiger charge is 2.37. The second-order valence-electron chi connectivity index (χ2n) is 5.65. The minimum absolute atomic E-state index is 0.0680. The van der Waals surface area contributed by atoms with Crippen molar-refractivity contribution in [2.45, 2.75) is 38.8 Å². The van der Waals surface area contributed by atoms with Gasteiger partial charge in [-0.25, -0.2) is 0 Å². The Balaban J connectivity index is 1.99. The molecule has 1 atom stereocenters. The second-order valence-corrected chi connectivity index (χ2v) is 6.44. The number of carbonyl (C=O) groups excluding carboxylic acids is 2. The number of amides is 2. The molecule has 1 aliphatic heterocycles.